The summed E-state index contributed by atoms with van der Waals surface area (Å²) in [7, 11) is 0. The zero-order valence-electron chi connectivity index (χ0n) is 11.6. The molecule has 3 heterocycles. The summed E-state index contributed by atoms with van der Waals surface area (Å²) < 4.78 is 1.90. The van der Waals surface area contributed by atoms with Crippen LogP contribution >= 0.6 is 0 Å². The molecule has 0 bridgehead atoms. The lowest BCUT2D eigenvalue weighted by atomic mass is 10.1. The largest absolute Gasteiger partial charge is 0.383 e. The van der Waals surface area contributed by atoms with Gasteiger partial charge in [0.15, 0.2) is 0 Å². The van der Waals surface area contributed by atoms with Gasteiger partial charge in [0.2, 0.25) is 5.95 Å². The Labute approximate surface area is 125 Å². The number of hydrogen-bond donors (Lipinski definition) is 2. The molecule has 1 aromatic carbocycles. The van der Waals surface area contributed by atoms with E-state index in [0.717, 1.165) is 27.4 Å². The minimum Gasteiger partial charge on any atom is -0.383 e. The van der Waals surface area contributed by atoms with Crippen LogP contribution in [0.25, 0.3) is 21.8 Å². The van der Waals surface area contributed by atoms with Gasteiger partial charge in [0.25, 0.3) is 0 Å². The third-order valence-electron chi connectivity index (χ3n) is 3.59. The van der Waals surface area contributed by atoms with E-state index in [-0.39, 0.29) is 5.95 Å². The van der Waals surface area contributed by atoms with Crippen LogP contribution in [0.1, 0.15) is 5.56 Å². The molecule has 0 saturated heterocycles. The van der Waals surface area contributed by atoms with Crippen LogP contribution in [0.5, 0.6) is 0 Å². The van der Waals surface area contributed by atoms with Crippen molar-refractivity contribution >= 4 is 33.6 Å². The fraction of sp³-hybridized carbons (Fsp3) is 0.0667. The molecule has 0 aliphatic heterocycles. The molecule has 0 aliphatic rings. The van der Waals surface area contributed by atoms with Gasteiger partial charge in [0.1, 0.15) is 5.82 Å². The number of rotatable bonds is 2. The van der Waals surface area contributed by atoms with Gasteiger partial charge < -0.3 is 11.5 Å². The van der Waals surface area contributed by atoms with Crippen molar-refractivity contribution in [3.63, 3.8) is 0 Å². The smallest absolute Gasteiger partial charge is 0.222 e. The highest BCUT2D eigenvalue weighted by molar-refractivity contribution is 6.09. The average Bonchev–Trinajstić information content (AvgIpc) is 2.90. The molecule has 108 valence electrons. The Balaban J connectivity index is 1.91. The summed E-state index contributed by atoms with van der Waals surface area (Å²) in [5, 5.41) is 6.15. The molecule has 0 radical (unpaired) electrons. The minimum absolute atomic E-state index is 0.173. The Kier molecular flexibility index (Phi) is 2.65. The lowest BCUT2D eigenvalue weighted by Crippen LogP contribution is -2.02. The van der Waals surface area contributed by atoms with Crippen LogP contribution in [0.4, 0.5) is 11.8 Å². The number of nitrogens with zero attached hydrogens (tertiary/aromatic N) is 5. The summed E-state index contributed by atoms with van der Waals surface area (Å²) in [6.07, 6.45) is 5.36. The number of anilines is 2. The number of aromatic nitrogens is 5. The summed E-state index contributed by atoms with van der Waals surface area (Å²) >= 11 is 0. The molecule has 4 aromatic rings. The molecule has 0 spiro atoms. The zero-order chi connectivity index (χ0) is 15.1. The van der Waals surface area contributed by atoms with E-state index in [4.69, 9.17) is 11.5 Å². The van der Waals surface area contributed by atoms with Crippen molar-refractivity contribution in [1.29, 1.82) is 0 Å². The van der Waals surface area contributed by atoms with Crippen LogP contribution in [-0.2, 0) is 6.54 Å². The first-order valence-electron chi connectivity index (χ1n) is 6.78. The van der Waals surface area contributed by atoms with Crippen LogP contribution < -0.4 is 11.5 Å². The molecule has 0 saturated carbocycles. The molecule has 22 heavy (non-hydrogen) atoms. The quantitative estimate of drug-likeness (QED) is 0.580. The van der Waals surface area contributed by atoms with Gasteiger partial charge in [-0.25, -0.2) is 4.98 Å². The minimum atomic E-state index is 0.173. The summed E-state index contributed by atoms with van der Waals surface area (Å²) in [5.74, 6) is 0.543. The normalized spacial score (nSPS) is 11.3. The summed E-state index contributed by atoms with van der Waals surface area (Å²) in [4.78, 5) is 12.4. The lowest BCUT2D eigenvalue weighted by molar-refractivity contribution is 0.710. The first-order chi connectivity index (χ1) is 10.7. The number of fused-ring (bicyclic) bond motifs is 3. The zero-order valence-corrected chi connectivity index (χ0v) is 11.6. The maximum absolute atomic E-state index is 6.01. The predicted molar refractivity (Wildman–Crippen MR) is 85.0 cm³/mol. The Hall–Kier alpha value is -3.22. The molecule has 0 fully saturated rings. The molecule has 4 N–H and O–H groups in total. The molecule has 7 heteroatoms. The van der Waals surface area contributed by atoms with E-state index in [9.17, 15) is 0 Å². The summed E-state index contributed by atoms with van der Waals surface area (Å²) in [6.45, 7) is 0.637. The van der Waals surface area contributed by atoms with Crippen molar-refractivity contribution in [1.82, 2.24) is 24.7 Å². The van der Waals surface area contributed by atoms with E-state index in [1.807, 2.05) is 35.1 Å². The molecule has 0 unspecified atom stereocenters. The molecule has 7 nitrogen and oxygen atoms in total. The lowest BCUT2D eigenvalue weighted by Gasteiger charge is -2.06. The van der Waals surface area contributed by atoms with Gasteiger partial charge in [-0.3, -0.25) is 9.67 Å². The van der Waals surface area contributed by atoms with Crippen molar-refractivity contribution in [3.8, 4) is 0 Å². The molecular weight excluding hydrogens is 278 g/mol. The number of pyridine rings is 1. The van der Waals surface area contributed by atoms with E-state index in [1.165, 1.54) is 0 Å². The van der Waals surface area contributed by atoms with Crippen molar-refractivity contribution in [2.45, 2.75) is 6.54 Å². The first-order valence-corrected chi connectivity index (χ1v) is 6.78. The molecule has 3 aromatic heterocycles. The van der Waals surface area contributed by atoms with Gasteiger partial charge in [-0.15, -0.1) is 0 Å². The van der Waals surface area contributed by atoms with Crippen LogP contribution in [0, 0.1) is 0 Å². The highest BCUT2D eigenvalue weighted by atomic mass is 15.3. The first kappa shape index (κ1) is 12.5. The monoisotopic (exact) mass is 291 g/mol. The molecular formula is C15H13N7. The van der Waals surface area contributed by atoms with Crippen LogP contribution in [-0.4, -0.2) is 24.7 Å². The van der Waals surface area contributed by atoms with Crippen molar-refractivity contribution in [3.05, 3.63) is 48.4 Å². The Morgan fingerprint density at radius 2 is 1.95 bits per heavy atom. The van der Waals surface area contributed by atoms with E-state index >= 15 is 0 Å². The Bertz CT molecular complexity index is 975. The third-order valence-corrected chi connectivity index (χ3v) is 3.59. The Morgan fingerprint density at radius 1 is 1.05 bits per heavy atom. The maximum atomic E-state index is 6.01. The van der Waals surface area contributed by atoms with E-state index in [2.05, 4.69) is 20.1 Å². The van der Waals surface area contributed by atoms with Crippen molar-refractivity contribution < 1.29 is 0 Å². The van der Waals surface area contributed by atoms with Gasteiger partial charge in [0, 0.05) is 17.8 Å². The third kappa shape index (κ3) is 1.91. The average molecular weight is 291 g/mol. The van der Waals surface area contributed by atoms with E-state index in [0.29, 0.717) is 12.4 Å². The molecule has 4 rings (SSSR count). The second-order valence-electron chi connectivity index (χ2n) is 5.02. The summed E-state index contributed by atoms with van der Waals surface area (Å²) in [5.41, 5.74) is 14.4. The van der Waals surface area contributed by atoms with Crippen LogP contribution in [0.15, 0.2) is 42.9 Å². The van der Waals surface area contributed by atoms with Gasteiger partial charge in [-0.1, -0.05) is 6.07 Å². The maximum Gasteiger partial charge on any atom is 0.222 e. The van der Waals surface area contributed by atoms with Gasteiger partial charge >= 0.3 is 0 Å². The van der Waals surface area contributed by atoms with Crippen molar-refractivity contribution in [2.24, 2.45) is 0 Å². The van der Waals surface area contributed by atoms with Gasteiger partial charge in [-0.2, -0.15) is 10.1 Å². The number of hydrogen-bond acceptors (Lipinski definition) is 6. The molecule has 0 aliphatic carbocycles. The Morgan fingerprint density at radius 3 is 2.77 bits per heavy atom. The highest BCUT2D eigenvalue weighted by Crippen LogP contribution is 2.28. The number of nitrogens with two attached hydrogens (primary N) is 2. The van der Waals surface area contributed by atoms with Crippen LogP contribution in [0.3, 0.4) is 0 Å². The molecule has 0 amide bonds. The topological polar surface area (TPSA) is 109 Å². The van der Waals surface area contributed by atoms with Gasteiger partial charge in [0.05, 0.1) is 29.2 Å². The number of nitrogen functional groups attached to an aromatic ring is 2. The predicted octanol–water partition coefficient (Wildman–Crippen LogP) is 1.59. The van der Waals surface area contributed by atoms with E-state index < -0.39 is 0 Å². The second kappa shape index (κ2) is 4.66. The summed E-state index contributed by atoms with van der Waals surface area (Å²) in [6, 6.07) is 7.77. The highest BCUT2D eigenvalue weighted by Gasteiger charge is 2.11. The second-order valence-corrected chi connectivity index (χ2v) is 5.02. The SMILES string of the molecule is Nc1nc(N)c2c(ccc3c2cnn3Cc2cccnc2)n1. The molecule has 0 atom stereocenters. The van der Waals surface area contributed by atoms with Crippen molar-refractivity contribution in [2.75, 3.05) is 11.5 Å². The van der Waals surface area contributed by atoms with Gasteiger partial charge in [-0.05, 0) is 23.8 Å². The van der Waals surface area contributed by atoms with E-state index in [1.54, 1.807) is 12.4 Å². The fourth-order valence-electron chi connectivity index (χ4n) is 2.62. The van der Waals surface area contributed by atoms with Crippen LogP contribution in [0.2, 0.25) is 0 Å². The number of benzene rings is 1. The fourth-order valence-corrected chi connectivity index (χ4v) is 2.62. The standard InChI is InChI=1S/C15H13N7/c16-14-13-10-7-19-22(8-9-2-1-5-18-6-9)12(10)4-3-11(13)20-15(17)21-14/h1-7H,8H2,(H4,16,17,20,21).